The first-order valence-corrected chi connectivity index (χ1v) is 9.78. The zero-order valence-electron chi connectivity index (χ0n) is 14.8. The van der Waals surface area contributed by atoms with Crippen molar-refractivity contribution in [3.05, 3.63) is 46.2 Å². The summed E-state index contributed by atoms with van der Waals surface area (Å²) in [5, 5.41) is 4.43. The van der Waals surface area contributed by atoms with Gasteiger partial charge in [0.1, 0.15) is 39.3 Å². The predicted molar refractivity (Wildman–Crippen MR) is 98.5 cm³/mol. The summed E-state index contributed by atoms with van der Waals surface area (Å²) >= 11 is 1.70. The van der Waals surface area contributed by atoms with Crippen LogP contribution in [-0.4, -0.2) is 46.5 Å². The number of hydrogen-bond donors (Lipinski definition) is 2. The highest BCUT2D eigenvalue weighted by Crippen LogP contribution is 2.29. The highest BCUT2D eigenvalue weighted by Gasteiger charge is 2.14. The summed E-state index contributed by atoms with van der Waals surface area (Å²) in [6.45, 7) is 7.96. The molecule has 0 spiro atoms. The van der Waals surface area contributed by atoms with Crippen LogP contribution in [0.1, 0.15) is 10.4 Å². The zero-order chi connectivity index (χ0) is 17.3. The minimum absolute atomic E-state index is 0.585. The Morgan fingerprint density at radius 3 is 2.84 bits per heavy atom. The van der Waals surface area contributed by atoms with Crippen molar-refractivity contribution in [1.82, 2.24) is 0 Å². The van der Waals surface area contributed by atoms with E-state index in [0.29, 0.717) is 6.61 Å². The predicted octanol–water partition coefficient (Wildman–Crippen LogP) is 0.314. The van der Waals surface area contributed by atoms with Gasteiger partial charge in [-0.25, -0.2) is 0 Å². The van der Waals surface area contributed by atoms with Crippen molar-refractivity contribution in [3.8, 4) is 11.5 Å². The van der Waals surface area contributed by atoms with E-state index in [2.05, 4.69) is 28.9 Å². The van der Waals surface area contributed by atoms with Crippen LogP contribution in [0.15, 0.2) is 35.7 Å². The maximum atomic E-state index is 5.89. The number of nitrogens with one attached hydrogen (secondary N) is 1. The van der Waals surface area contributed by atoms with Crippen LogP contribution in [0.5, 0.6) is 11.5 Å². The average Bonchev–Trinajstić information content (AvgIpc) is 3.18. The van der Waals surface area contributed by atoms with Gasteiger partial charge in [-0.15, -0.1) is 11.3 Å². The van der Waals surface area contributed by atoms with Crippen LogP contribution in [0.4, 0.5) is 0 Å². The molecule has 0 saturated carbocycles. The van der Waals surface area contributed by atoms with Crippen LogP contribution >= 0.6 is 11.3 Å². The Hall–Kier alpha value is -1.60. The molecule has 6 heteroatoms. The monoisotopic (exact) mass is 364 g/mol. The van der Waals surface area contributed by atoms with Crippen LogP contribution in [0.3, 0.4) is 0 Å². The number of quaternary nitrogens is 2. The van der Waals surface area contributed by atoms with Crippen LogP contribution in [-0.2, 0) is 17.9 Å². The lowest BCUT2D eigenvalue weighted by Crippen LogP contribution is -3.16. The van der Waals surface area contributed by atoms with E-state index in [1.165, 1.54) is 17.0 Å². The average molecular weight is 365 g/mol. The first kappa shape index (κ1) is 18.2. The maximum absolute atomic E-state index is 5.89. The summed E-state index contributed by atoms with van der Waals surface area (Å²) in [5.41, 5.74) is 1.26. The van der Waals surface area contributed by atoms with Gasteiger partial charge in [-0.3, -0.25) is 0 Å². The number of rotatable bonds is 9. The van der Waals surface area contributed by atoms with Crippen molar-refractivity contribution in [3.63, 3.8) is 0 Å². The molecular formula is C19H28N2O3S+2. The third kappa shape index (κ3) is 5.71. The fraction of sp³-hybridized carbons (Fsp3) is 0.474. The molecule has 0 aliphatic carbocycles. The molecule has 0 bridgehead atoms. The van der Waals surface area contributed by atoms with Crippen LogP contribution in [0.25, 0.3) is 0 Å². The molecule has 0 unspecified atom stereocenters. The largest absolute Gasteiger partial charge is 0.493 e. The molecule has 2 aromatic rings. The lowest BCUT2D eigenvalue weighted by molar-refractivity contribution is -0.920. The molecule has 25 heavy (non-hydrogen) atoms. The highest BCUT2D eigenvalue weighted by molar-refractivity contribution is 7.09. The third-order valence-electron chi connectivity index (χ3n) is 4.46. The minimum atomic E-state index is 0.585. The molecule has 0 amide bonds. The van der Waals surface area contributed by atoms with E-state index in [1.54, 1.807) is 23.3 Å². The molecule has 2 heterocycles. The molecule has 1 saturated heterocycles. The Balaban J connectivity index is 1.45. The van der Waals surface area contributed by atoms with Crippen molar-refractivity contribution >= 4 is 11.3 Å². The Kier molecular flexibility index (Phi) is 7.11. The summed E-state index contributed by atoms with van der Waals surface area (Å²) < 4.78 is 16.8. The molecule has 1 aliphatic rings. The van der Waals surface area contributed by atoms with E-state index in [4.69, 9.17) is 14.2 Å². The topological polar surface area (TPSA) is 48.7 Å². The smallest absolute Gasteiger partial charge is 0.161 e. The van der Waals surface area contributed by atoms with E-state index >= 15 is 0 Å². The summed E-state index contributed by atoms with van der Waals surface area (Å²) in [7, 11) is 1.70. The van der Waals surface area contributed by atoms with Crippen LogP contribution < -0.4 is 19.7 Å². The minimum Gasteiger partial charge on any atom is -0.493 e. The van der Waals surface area contributed by atoms with Crippen LogP contribution in [0.2, 0.25) is 0 Å². The van der Waals surface area contributed by atoms with Crippen molar-refractivity contribution in [2.75, 3.05) is 46.5 Å². The van der Waals surface area contributed by atoms with E-state index in [0.717, 1.165) is 50.9 Å². The fourth-order valence-corrected chi connectivity index (χ4v) is 3.60. The van der Waals surface area contributed by atoms with Crippen molar-refractivity contribution in [2.24, 2.45) is 0 Å². The standard InChI is InChI=1S/C19H26N2O3S/c1-22-19-13-16(14-20-6-7-21-8-10-23-11-9-21)4-5-18(19)24-15-17-3-2-12-25-17/h2-5,12-13,20H,6-11,14-15H2,1H3/p+2. The number of nitrogens with two attached hydrogens (primary N) is 1. The maximum Gasteiger partial charge on any atom is 0.161 e. The molecule has 5 nitrogen and oxygen atoms in total. The van der Waals surface area contributed by atoms with E-state index in [9.17, 15) is 0 Å². The Morgan fingerprint density at radius 1 is 1.20 bits per heavy atom. The summed E-state index contributed by atoms with van der Waals surface area (Å²) in [5.74, 6) is 1.61. The first-order valence-electron chi connectivity index (χ1n) is 8.90. The Bertz CT molecular complexity index is 628. The molecule has 3 N–H and O–H groups in total. The van der Waals surface area contributed by atoms with Gasteiger partial charge < -0.3 is 24.4 Å². The third-order valence-corrected chi connectivity index (χ3v) is 5.31. The van der Waals surface area contributed by atoms with Crippen molar-refractivity contribution in [1.29, 1.82) is 0 Å². The second-order valence-electron chi connectivity index (χ2n) is 6.25. The van der Waals surface area contributed by atoms with Gasteiger partial charge >= 0.3 is 0 Å². The number of morpholine rings is 1. The molecule has 1 aromatic heterocycles. The zero-order valence-corrected chi connectivity index (χ0v) is 15.6. The molecule has 0 radical (unpaired) electrons. The number of methoxy groups -OCH3 is 1. The molecule has 0 atom stereocenters. The van der Waals surface area contributed by atoms with E-state index in [1.807, 2.05) is 12.1 Å². The van der Waals surface area contributed by atoms with E-state index in [-0.39, 0.29) is 0 Å². The Morgan fingerprint density at radius 2 is 2.08 bits per heavy atom. The highest BCUT2D eigenvalue weighted by atomic mass is 32.1. The lowest BCUT2D eigenvalue weighted by Gasteiger charge is -2.22. The first-order chi connectivity index (χ1) is 12.3. The molecular weight excluding hydrogens is 336 g/mol. The molecule has 3 rings (SSSR count). The van der Waals surface area contributed by atoms with Gasteiger partial charge in [0.15, 0.2) is 11.5 Å². The molecule has 1 aromatic carbocycles. The molecule has 1 fully saturated rings. The van der Waals surface area contributed by atoms with Gasteiger partial charge in [-0.2, -0.15) is 0 Å². The molecule has 136 valence electrons. The van der Waals surface area contributed by atoms with Gasteiger partial charge in [0.2, 0.25) is 0 Å². The lowest BCUT2D eigenvalue weighted by atomic mass is 10.2. The molecule has 1 aliphatic heterocycles. The SMILES string of the molecule is COc1cc(C[NH2+]CC[NH+]2CCOCC2)ccc1OCc1cccs1. The number of benzene rings is 1. The van der Waals surface area contributed by atoms with Crippen molar-refractivity contribution in [2.45, 2.75) is 13.2 Å². The van der Waals surface area contributed by atoms with Crippen molar-refractivity contribution < 1.29 is 24.4 Å². The summed E-state index contributed by atoms with van der Waals surface area (Å²) in [4.78, 5) is 2.86. The summed E-state index contributed by atoms with van der Waals surface area (Å²) in [6.07, 6.45) is 0. The second-order valence-corrected chi connectivity index (χ2v) is 7.28. The summed E-state index contributed by atoms with van der Waals surface area (Å²) in [6, 6.07) is 10.4. The van der Waals surface area contributed by atoms with Gasteiger partial charge in [0, 0.05) is 10.4 Å². The normalized spacial score (nSPS) is 15.2. The number of thiophene rings is 1. The van der Waals surface area contributed by atoms with Gasteiger partial charge in [0.25, 0.3) is 0 Å². The second kappa shape index (κ2) is 9.77. The van der Waals surface area contributed by atoms with Gasteiger partial charge in [-0.1, -0.05) is 6.07 Å². The Labute approximate surface area is 153 Å². The fourth-order valence-electron chi connectivity index (χ4n) is 2.99. The van der Waals surface area contributed by atoms with Gasteiger partial charge in [0.05, 0.1) is 20.3 Å². The quantitative estimate of drug-likeness (QED) is 0.630. The number of ether oxygens (including phenoxy) is 3. The number of hydrogen-bond acceptors (Lipinski definition) is 4. The van der Waals surface area contributed by atoms with Gasteiger partial charge in [-0.05, 0) is 29.6 Å². The van der Waals surface area contributed by atoms with Crippen LogP contribution in [0, 0.1) is 0 Å². The van der Waals surface area contributed by atoms with E-state index < -0.39 is 0 Å².